The fraction of sp³-hybridized carbons (Fsp3) is 0.500. The van der Waals surface area contributed by atoms with Crippen molar-refractivity contribution >= 4 is 17.4 Å². The van der Waals surface area contributed by atoms with Crippen molar-refractivity contribution < 1.29 is 19.1 Å². The third kappa shape index (κ3) is 3.33. The van der Waals surface area contributed by atoms with Crippen molar-refractivity contribution in [2.24, 2.45) is 5.92 Å². The number of carbonyl (C=O) groups excluding carboxylic acids is 2. The summed E-state index contributed by atoms with van der Waals surface area (Å²) in [4.78, 5) is 29.6. The molecule has 140 valence electrons. The van der Waals surface area contributed by atoms with Gasteiger partial charge in [-0.3, -0.25) is 14.5 Å². The van der Waals surface area contributed by atoms with Gasteiger partial charge in [0.1, 0.15) is 11.4 Å². The van der Waals surface area contributed by atoms with Gasteiger partial charge in [0.2, 0.25) is 0 Å². The van der Waals surface area contributed by atoms with Crippen molar-refractivity contribution in [2.45, 2.75) is 19.8 Å². The van der Waals surface area contributed by atoms with Gasteiger partial charge in [-0.2, -0.15) is 0 Å². The summed E-state index contributed by atoms with van der Waals surface area (Å²) in [5.74, 6) is 0.728. The first-order valence-electron chi connectivity index (χ1n) is 9.06. The zero-order valence-electron chi connectivity index (χ0n) is 15.7. The fourth-order valence-corrected chi connectivity index (χ4v) is 3.57. The topological polar surface area (TPSA) is 59.1 Å². The Morgan fingerprint density at radius 3 is 2.42 bits per heavy atom. The lowest BCUT2D eigenvalue weighted by Crippen LogP contribution is -2.39. The van der Waals surface area contributed by atoms with Gasteiger partial charge in [0.15, 0.2) is 0 Å². The van der Waals surface area contributed by atoms with Crippen molar-refractivity contribution in [3.63, 3.8) is 0 Å². The number of para-hydroxylation sites is 1. The van der Waals surface area contributed by atoms with Gasteiger partial charge < -0.3 is 14.4 Å². The number of benzene rings is 1. The Labute approximate surface area is 154 Å². The van der Waals surface area contributed by atoms with E-state index >= 15 is 0 Å². The number of hydrogen-bond acceptors (Lipinski definition) is 5. The summed E-state index contributed by atoms with van der Waals surface area (Å²) in [5, 5.41) is 0. The van der Waals surface area contributed by atoms with Crippen molar-refractivity contribution in [1.29, 1.82) is 0 Å². The van der Waals surface area contributed by atoms with Crippen LogP contribution >= 0.6 is 0 Å². The van der Waals surface area contributed by atoms with E-state index in [1.807, 2.05) is 24.3 Å². The number of imide groups is 1. The SMILES string of the molecule is COCCN1C(=O)C(c2ccccc2OC)=C(N2CCC(C)CC2)C1=O. The number of piperidine rings is 1. The Hall–Kier alpha value is -2.34. The van der Waals surface area contributed by atoms with Gasteiger partial charge >= 0.3 is 0 Å². The molecule has 0 spiro atoms. The van der Waals surface area contributed by atoms with Gasteiger partial charge in [-0.1, -0.05) is 25.1 Å². The van der Waals surface area contributed by atoms with Gasteiger partial charge in [-0.15, -0.1) is 0 Å². The minimum absolute atomic E-state index is 0.234. The molecule has 1 fully saturated rings. The second-order valence-corrected chi connectivity index (χ2v) is 6.85. The van der Waals surface area contributed by atoms with E-state index in [9.17, 15) is 9.59 Å². The van der Waals surface area contributed by atoms with Crippen LogP contribution in [-0.2, 0) is 14.3 Å². The first-order valence-corrected chi connectivity index (χ1v) is 9.06. The lowest BCUT2D eigenvalue weighted by atomic mass is 9.97. The third-order valence-electron chi connectivity index (χ3n) is 5.14. The van der Waals surface area contributed by atoms with E-state index in [2.05, 4.69) is 11.8 Å². The van der Waals surface area contributed by atoms with Crippen LogP contribution in [0.3, 0.4) is 0 Å². The maximum absolute atomic E-state index is 13.1. The molecule has 0 radical (unpaired) electrons. The summed E-state index contributed by atoms with van der Waals surface area (Å²) in [6, 6.07) is 7.37. The summed E-state index contributed by atoms with van der Waals surface area (Å²) >= 11 is 0. The van der Waals surface area contributed by atoms with Gasteiger partial charge in [-0.25, -0.2) is 0 Å². The summed E-state index contributed by atoms with van der Waals surface area (Å²) < 4.78 is 10.5. The van der Waals surface area contributed by atoms with Crippen molar-refractivity contribution in [3.05, 3.63) is 35.5 Å². The van der Waals surface area contributed by atoms with Crippen LogP contribution in [0.25, 0.3) is 5.57 Å². The molecule has 3 rings (SSSR count). The van der Waals surface area contributed by atoms with Crippen LogP contribution in [0.1, 0.15) is 25.3 Å². The molecule has 6 nitrogen and oxygen atoms in total. The van der Waals surface area contributed by atoms with Crippen LogP contribution in [0, 0.1) is 5.92 Å². The van der Waals surface area contributed by atoms with Crippen LogP contribution in [0.15, 0.2) is 30.0 Å². The molecule has 1 aromatic rings. The number of nitrogens with zero attached hydrogens (tertiary/aromatic N) is 2. The Morgan fingerprint density at radius 2 is 1.77 bits per heavy atom. The predicted molar refractivity (Wildman–Crippen MR) is 98.5 cm³/mol. The zero-order valence-corrected chi connectivity index (χ0v) is 15.7. The summed E-state index contributed by atoms with van der Waals surface area (Å²) in [6.07, 6.45) is 2.03. The summed E-state index contributed by atoms with van der Waals surface area (Å²) in [6.45, 7) is 4.36. The van der Waals surface area contributed by atoms with E-state index in [1.54, 1.807) is 14.2 Å². The smallest absolute Gasteiger partial charge is 0.277 e. The monoisotopic (exact) mass is 358 g/mol. The highest BCUT2D eigenvalue weighted by Crippen LogP contribution is 2.37. The van der Waals surface area contributed by atoms with Crippen molar-refractivity contribution in [3.8, 4) is 5.75 Å². The number of ether oxygens (including phenoxy) is 2. The first-order chi connectivity index (χ1) is 12.6. The molecule has 0 aromatic heterocycles. The van der Waals surface area contributed by atoms with E-state index in [-0.39, 0.29) is 18.4 Å². The standard InChI is InChI=1S/C20H26N2O4/c1-14-8-10-21(11-9-14)18-17(15-6-4-5-7-16(15)26-3)19(23)22(20(18)24)12-13-25-2/h4-7,14H,8-13H2,1-3H3. The fourth-order valence-electron chi connectivity index (χ4n) is 3.57. The average Bonchev–Trinajstić information content (AvgIpc) is 2.90. The van der Waals surface area contributed by atoms with Gasteiger partial charge in [-0.05, 0) is 24.8 Å². The minimum Gasteiger partial charge on any atom is -0.496 e. The maximum Gasteiger partial charge on any atom is 0.277 e. The molecular weight excluding hydrogens is 332 g/mol. The highest BCUT2D eigenvalue weighted by atomic mass is 16.5. The minimum atomic E-state index is -0.273. The second kappa shape index (κ2) is 7.91. The molecule has 2 aliphatic rings. The lowest BCUT2D eigenvalue weighted by Gasteiger charge is -2.32. The molecule has 2 amide bonds. The number of carbonyl (C=O) groups is 2. The number of rotatable bonds is 6. The normalized spacial score (nSPS) is 18.9. The predicted octanol–water partition coefficient (Wildman–Crippen LogP) is 2.15. The van der Waals surface area contributed by atoms with Gasteiger partial charge in [0.05, 0.1) is 25.8 Å². The van der Waals surface area contributed by atoms with Gasteiger partial charge in [0.25, 0.3) is 11.8 Å². The number of amides is 2. The molecule has 26 heavy (non-hydrogen) atoms. The maximum atomic E-state index is 13.1. The van der Waals surface area contributed by atoms with E-state index in [0.717, 1.165) is 25.9 Å². The van der Waals surface area contributed by atoms with E-state index in [4.69, 9.17) is 9.47 Å². The largest absolute Gasteiger partial charge is 0.496 e. The molecule has 6 heteroatoms. The molecule has 2 aliphatic heterocycles. The lowest BCUT2D eigenvalue weighted by molar-refractivity contribution is -0.138. The van der Waals surface area contributed by atoms with E-state index < -0.39 is 0 Å². The van der Waals surface area contributed by atoms with Gasteiger partial charge in [0, 0.05) is 25.8 Å². The highest BCUT2D eigenvalue weighted by Gasteiger charge is 2.42. The molecule has 0 bridgehead atoms. The molecule has 0 saturated carbocycles. The molecule has 0 aliphatic carbocycles. The van der Waals surface area contributed by atoms with Crippen molar-refractivity contribution in [2.75, 3.05) is 40.5 Å². The Bertz CT molecular complexity index is 720. The van der Waals surface area contributed by atoms with E-state index in [1.165, 1.54) is 4.90 Å². The molecule has 1 saturated heterocycles. The van der Waals surface area contributed by atoms with E-state index in [0.29, 0.717) is 35.1 Å². The van der Waals surface area contributed by atoms with Crippen LogP contribution < -0.4 is 4.74 Å². The van der Waals surface area contributed by atoms with Crippen molar-refractivity contribution in [1.82, 2.24) is 9.80 Å². The van der Waals surface area contributed by atoms with Crippen LogP contribution in [-0.4, -0.2) is 62.1 Å². The average molecular weight is 358 g/mol. The quantitative estimate of drug-likeness (QED) is 0.730. The highest BCUT2D eigenvalue weighted by molar-refractivity contribution is 6.36. The van der Waals surface area contributed by atoms with Crippen LogP contribution in [0.5, 0.6) is 5.75 Å². The number of methoxy groups -OCH3 is 2. The molecule has 0 atom stereocenters. The summed E-state index contributed by atoms with van der Waals surface area (Å²) in [7, 11) is 3.14. The summed E-state index contributed by atoms with van der Waals surface area (Å²) in [5.41, 5.74) is 1.61. The molecular formula is C20H26N2O4. The molecule has 1 aromatic carbocycles. The zero-order chi connectivity index (χ0) is 18.7. The third-order valence-corrected chi connectivity index (χ3v) is 5.14. The molecule has 0 unspecified atom stereocenters. The van der Waals surface area contributed by atoms with Crippen LogP contribution in [0.4, 0.5) is 0 Å². The molecule has 2 heterocycles. The van der Waals surface area contributed by atoms with Crippen LogP contribution in [0.2, 0.25) is 0 Å². The molecule has 0 N–H and O–H groups in total. The number of likely N-dealkylation sites (tertiary alicyclic amines) is 1. The Morgan fingerprint density at radius 1 is 1.08 bits per heavy atom. The first kappa shape index (κ1) is 18.5. The number of hydrogen-bond donors (Lipinski definition) is 0. The Balaban J connectivity index is 2.06. The Kier molecular flexibility index (Phi) is 5.61. The second-order valence-electron chi connectivity index (χ2n) is 6.85.